The zero-order chi connectivity index (χ0) is 12.3. The largest absolute Gasteiger partial charge is 0.376 e. The van der Waals surface area contributed by atoms with E-state index in [1.54, 1.807) is 35.0 Å². The van der Waals surface area contributed by atoms with Crippen molar-refractivity contribution in [3.8, 4) is 6.07 Å². The van der Waals surface area contributed by atoms with E-state index >= 15 is 0 Å². The third-order valence-electron chi connectivity index (χ3n) is 2.36. The van der Waals surface area contributed by atoms with Gasteiger partial charge in [-0.15, -0.1) is 11.3 Å². The lowest BCUT2D eigenvalue weighted by Gasteiger charge is -2.14. The van der Waals surface area contributed by atoms with Crippen molar-refractivity contribution in [2.24, 2.45) is 0 Å². The molecule has 0 aliphatic rings. The molecular weight excluding hydrogens is 254 g/mol. The minimum atomic E-state index is 0.0627. The summed E-state index contributed by atoms with van der Waals surface area (Å²) in [4.78, 5) is 4.23. The van der Waals surface area contributed by atoms with Gasteiger partial charge in [-0.2, -0.15) is 5.26 Å². The van der Waals surface area contributed by atoms with Gasteiger partial charge in [0.05, 0.1) is 39.6 Å². The highest BCUT2D eigenvalue weighted by molar-refractivity contribution is 7.07. The van der Waals surface area contributed by atoms with Gasteiger partial charge in [-0.3, -0.25) is 0 Å². The molecule has 5 heteroatoms. The fraction of sp³-hybridized carbons (Fsp3) is 0.167. The molecule has 1 unspecified atom stereocenters. The number of anilines is 1. The van der Waals surface area contributed by atoms with Crippen LogP contribution in [0.2, 0.25) is 5.02 Å². The van der Waals surface area contributed by atoms with E-state index in [0.717, 1.165) is 11.4 Å². The Hall–Kier alpha value is -1.57. The molecule has 2 rings (SSSR count). The number of thiazole rings is 1. The molecule has 17 heavy (non-hydrogen) atoms. The van der Waals surface area contributed by atoms with Crippen molar-refractivity contribution in [1.82, 2.24) is 4.98 Å². The van der Waals surface area contributed by atoms with Gasteiger partial charge in [0.15, 0.2) is 0 Å². The van der Waals surface area contributed by atoms with Crippen molar-refractivity contribution < 1.29 is 0 Å². The van der Waals surface area contributed by atoms with Crippen molar-refractivity contribution in [2.75, 3.05) is 5.32 Å². The first kappa shape index (κ1) is 11.9. The number of nitriles is 1. The summed E-state index contributed by atoms with van der Waals surface area (Å²) in [6.07, 6.45) is 0. The van der Waals surface area contributed by atoms with Crippen LogP contribution in [-0.2, 0) is 0 Å². The summed E-state index contributed by atoms with van der Waals surface area (Å²) >= 11 is 7.62. The first-order chi connectivity index (χ1) is 8.20. The van der Waals surface area contributed by atoms with Crippen molar-refractivity contribution in [3.63, 3.8) is 0 Å². The second-order valence-corrected chi connectivity index (χ2v) is 4.71. The zero-order valence-electron chi connectivity index (χ0n) is 9.14. The van der Waals surface area contributed by atoms with Crippen LogP contribution in [-0.4, -0.2) is 4.98 Å². The van der Waals surface area contributed by atoms with Crippen molar-refractivity contribution in [2.45, 2.75) is 13.0 Å². The van der Waals surface area contributed by atoms with Gasteiger partial charge in [-0.25, -0.2) is 4.98 Å². The molecular formula is C12H10ClN3S. The topological polar surface area (TPSA) is 48.7 Å². The van der Waals surface area contributed by atoms with Gasteiger partial charge in [0.25, 0.3) is 0 Å². The van der Waals surface area contributed by atoms with Crippen LogP contribution in [0, 0.1) is 11.3 Å². The summed E-state index contributed by atoms with van der Waals surface area (Å²) in [6.45, 7) is 2.00. The van der Waals surface area contributed by atoms with Gasteiger partial charge in [0, 0.05) is 5.38 Å². The van der Waals surface area contributed by atoms with Gasteiger partial charge in [-0.1, -0.05) is 11.6 Å². The van der Waals surface area contributed by atoms with Crippen LogP contribution in [0.15, 0.2) is 29.1 Å². The van der Waals surface area contributed by atoms with Gasteiger partial charge in [0.2, 0.25) is 0 Å². The molecule has 1 atom stereocenters. The Morgan fingerprint density at radius 3 is 3.00 bits per heavy atom. The fourth-order valence-corrected chi connectivity index (χ4v) is 2.27. The zero-order valence-corrected chi connectivity index (χ0v) is 10.7. The third-order valence-corrected chi connectivity index (χ3v) is 3.30. The highest BCUT2D eigenvalue weighted by Crippen LogP contribution is 2.27. The quantitative estimate of drug-likeness (QED) is 0.915. The smallest absolute Gasteiger partial charge is 0.0992 e. The number of hydrogen-bond donors (Lipinski definition) is 1. The Morgan fingerprint density at radius 1 is 1.53 bits per heavy atom. The van der Waals surface area contributed by atoms with Crippen molar-refractivity contribution in [1.29, 1.82) is 5.26 Å². The average Bonchev–Trinajstić information content (AvgIpc) is 2.85. The minimum Gasteiger partial charge on any atom is -0.376 e. The Kier molecular flexibility index (Phi) is 3.62. The van der Waals surface area contributed by atoms with Crippen LogP contribution in [0.25, 0.3) is 0 Å². The number of rotatable bonds is 3. The van der Waals surface area contributed by atoms with E-state index in [0.29, 0.717) is 10.6 Å². The summed E-state index contributed by atoms with van der Waals surface area (Å²) in [5.41, 5.74) is 4.10. The summed E-state index contributed by atoms with van der Waals surface area (Å²) < 4.78 is 0. The molecule has 0 aliphatic carbocycles. The Bertz CT molecular complexity index is 545. The Morgan fingerprint density at radius 2 is 2.35 bits per heavy atom. The molecule has 2 aromatic rings. The lowest BCUT2D eigenvalue weighted by molar-refractivity contribution is 0.850. The Labute approximate surface area is 109 Å². The van der Waals surface area contributed by atoms with Gasteiger partial charge in [-0.05, 0) is 25.1 Å². The maximum atomic E-state index is 8.84. The normalized spacial score (nSPS) is 11.8. The van der Waals surface area contributed by atoms with E-state index in [1.165, 1.54) is 0 Å². The van der Waals surface area contributed by atoms with Crippen molar-refractivity contribution >= 4 is 28.6 Å². The number of nitrogens with one attached hydrogen (secondary N) is 1. The van der Waals surface area contributed by atoms with E-state index in [1.807, 2.05) is 12.3 Å². The number of hydrogen-bond acceptors (Lipinski definition) is 4. The summed E-state index contributed by atoms with van der Waals surface area (Å²) in [7, 11) is 0. The summed E-state index contributed by atoms with van der Waals surface area (Å²) in [5.74, 6) is 0. The van der Waals surface area contributed by atoms with Crippen LogP contribution in [0.4, 0.5) is 5.69 Å². The minimum absolute atomic E-state index is 0.0627. The van der Waals surface area contributed by atoms with E-state index in [2.05, 4.69) is 16.4 Å². The van der Waals surface area contributed by atoms with Gasteiger partial charge < -0.3 is 5.32 Å². The molecule has 0 amide bonds. The number of nitrogens with zero attached hydrogens (tertiary/aromatic N) is 2. The molecule has 0 aliphatic heterocycles. The fourth-order valence-electron chi connectivity index (χ4n) is 1.45. The molecule has 0 fully saturated rings. The van der Waals surface area contributed by atoms with Crippen LogP contribution >= 0.6 is 22.9 Å². The highest BCUT2D eigenvalue weighted by atomic mass is 35.5. The van der Waals surface area contributed by atoms with Crippen molar-refractivity contribution in [3.05, 3.63) is 45.4 Å². The molecule has 3 nitrogen and oxygen atoms in total. The average molecular weight is 264 g/mol. The monoisotopic (exact) mass is 263 g/mol. The SMILES string of the molecule is CC(Nc1cc(C#N)ccc1Cl)c1cscn1. The van der Waals surface area contributed by atoms with Gasteiger partial charge >= 0.3 is 0 Å². The molecule has 0 spiro atoms. The summed E-state index contributed by atoms with van der Waals surface area (Å²) in [6, 6.07) is 7.31. The maximum absolute atomic E-state index is 8.84. The molecule has 1 heterocycles. The molecule has 0 radical (unpaired) electrons. The van der Waals surface area contributed by atoms with E-state index in [9.17, 15) is 0 Å². The maximum Gasteiger partial charge on any atom is 0.0992 e. The lowest BCUT2D eigenvalue weighted by atomic mass is 10.2. The van der Waals surface area contributed by atoms with Crippen LogP contribution in [0.5, 0.6) is 0 Å². The number of halogens is 1. The van der Waals surface area contributed by atoms with Crippen LogP contribution < -0.4 is 5.32 Å². The predicted molar refractivity (Wildman–Crippen MR) is 70.3 cm³/mol. The second-order valence-electron chi connectivity index (χ2n) is 3.59. The standard InChI is InChI=1S/C12H10ClN3S/c1-8(12-6-17-7-15-12)16-11-4-9(5-14)2-3-10(11)13/h2-4,6-8,16H,1H3. The van der Waals surface area contributed by atoms with Gasteiger partial charge in [0.1, 0.15) is 0 Å². The number of benzene rings is 1. The highest BCUT2D eigenvalue weighted by Gasteiger charge is 2.09. The molecule has 1 aromatic heterocycles. The molecule has 1 aromatic carbocycles. The molecule has 1 N–H and O–H groups in total. The van der Waals surface area contributed by atoms with E-state index in [-0.39, 0.29) is 6.04 Å². The third kappa shape index (κ3) is 2.76. The molecule has 0 saturated carbocycles. The van der Waals surface area contributed by atoms with Crippen LogP contribution in [0.1, 0.15) is 24.2 Å². The Balaban J connectivity index is 2.21. The molecule has 0 bridgehead atoms. The first-order valence-corrected chi connectivity index (χ1v) is 6.37. The molecule has 86 valence electrons. The van der Waals surface area contributed by atoms with E-state index < -0.39 is 0 Å². The van der Waals surface area contributed by atoms with E-state index in [4.69, 9.17) is 16.9 Å². The first-order valence-electron chi connectivity index (χ1n) is 5.05. The predicted octanol–water partition coefficient (Wildman–Crippen LogP) is 3.84. The molecule has 0 saturated heterocycles. The summed E-state index contributed by atoms with van der Waals surface area (Å²) in [5, 5.41) is 14.7. The second kappa shape index (κ2) is 5.17. The lowest BCUT2D eigenvalue weighted by Crippen LogP contribution is -2.07. The number of aromatic nitrogens is 1. The van der Waals surface area contributed by atoms with Crippen LogP contribution in [0.3, 0.4) is 0 Å².